The molecule has 0 aromatic carbocycles. The van der Waals surface area contributed by atoms with Crippen molar-refractivity contribution in [3.05, 3.63) is 24.4 Å². The molecule has 6 heteroatoms. The molecule has 24 heavy (non-hydrogen) atoms. The summed E-state index contributed by atoms with van der Waals surface area (Å²) in [5.41, 5.74) is 1.19. The lowest BCUT2D eigenvalue weighted by Crippen LogP contribution is -2.37. The zero-order valence-corrected chi connectivity index (χ0v) is 17.6. The summed E-state index contributed by atoms with van der Waals surface area (Å²) in [6.07, 6.45) is 7.29. The lowest BCUT2D eigenvalue weighted by Gasteiger charge is -2.34. The monoisotopic (exact) mass is 377 g/mol. The predicted octanol–water partition coefficient (Wildman–Crippen LogP) is 4.24. The van der Waals surface area contributed by atoms with Crippen LogP contribution in [-0.4, -0.2) is 69.1 Å². The van der Waals surface area contributed by atoms with Gasteiger partial charge in [-0.2, -0.15) is 0 Å². The molecule has 0 aliphatic rings. The van der Waals surface area contributed by atoms with Crippen LogP contribution in [0.25, 0.3) is 0 Å². The largest absolute Gasteiger partial charge is 0.382 e. The van der Waals surface area contributed by atoms with Gasteiger partial charge in [0.1, 0.15) is 0 Å². The first-order valence-corrected chi connectivity index (χ1v) is 11.0. The average Bonchev–Trinajstić information content (AvgIpc) is 2.53. The smallest absolute Gasteiger partial charge is 0.0701 e. The zero-order valence-electron chi connectivity index (χ0n) is 16.0. The Morgan fingerprint density at radius 1 is 1.12 bits per heavy atom. The highest BCUT2D eigenvalue weighted by Crippen LogP contribution is 2.34. The summed E-state index contributed by atoms with van der Waals surface area (Å²) in [5.74, 6) is 0. The summed E-state index contributed by atoms with van der Waals surface area (Å²) >= 11 is 0. The van der Waals surface area contributed by atoms with Crippen LogP contribution in [0.4, 0.5) is 0 Å². The molecule has 0 saturated carbocycles. The van der Waals surface area contributed by atoms with Gasteiger partial charge in [0.25, 0.3) is 0 Å². The van der Waals surface area contributed by atoms with Crippen molar-refractivity contribution in [3.8, 4) is 0 Å². The predicted molar refractivity (Wildman–Crippen MR) is 109 cm³/mol. The van der Waals surface area contributed by atoms with E-state index in [1.54, 1.807) is 7.11 Å². The number of methoxy groups -OCH3 is 1. The molecule has 0 saturated heterocycles. The van der Waals surface area contributed by atoms with Crippen LogP contribution in [0.5, 0.6) is 0 Å². The van der Waals surface area contributed by atoms with Crippen LogP contribution in [-0.2, 0) is 14.2 Å². The highest BCUT2D eigenvalue weighted by molar-refractivity contribution is 8.76. The first-order chi connectivity index (χ1) is 11.5. The second kappa shape index (κ2) is 15.1. The molecule has 0 radical (unpaired) electrons. The lowest BCUT2D eigenvalue weighted by atomic mass is 10.1. The number of hydrogen-bond donors (Lipinski definition) is 0. The first-order valence-electron chi connectivity index (χ1n) is 8.44. The zero-order chi connectivity index (χ0) is 18.3. The summed E-state index contributed by atoms with van der Waals surface area (Å²) in [5, 5.41) is 0. The number of allylic oxidation sites excluding steroid dienone is 2. The second-order valence-corrected chi connectivity index (χ2v) is 9.00. The molecule has 0 heterocycles. The minimum atomic E-state index is 0.165. The van der Waals surface area contributed by atoms with Crippen molar-refractivity contribution < 1.29 is 14.2 Å². The van der Waals surface area contributed by atoms with Gasteiger partial charge in [0.15, 0.2) is 0 Å². The van der Waals surface area contributed by atoms with E-state index in [1.165, 1.54) is 5.70 Å². The maximum absolute atomic E-state index is 5.71. The molecule has 4 nitrogen and oxygen atoms in total. The maximum atomic E-state index is 5.71. The van der Waals surface area contributed by atoms with E-state index in [0.29, 0.717) is 33.0 Å². The highest BCUT2D eigenvalue weighted by Gasteiger charge is 2.22. The van der Waals surface area contributed by atoms with Gasteiger partial charge in [0, 0.05) is 30.6 Å². The molecule has 0 atom stereocenters. The van der Waals surface area contributed by atoms with Crippen molar-refractivity contribution in [2.75, 3.05) is 59.5 Å². The van der Waals surface area contributed by atoms with Gasteiger partial charge in [-0.3, -0.25) is 0 Å². The molecule has 0 aromatic rings. The van der Waals surface area contributed by atoms with E-state index in [2.05, 4.69) is 44.6 Å². The fourth-order valence-corrected chi connectivity index (χ4v) is 4.37. The molecular weight excluding hydrogens is 342 g/mol. The van der Waals surface area contributed by atoms with Crippen molar-refractivity contribution in [2.24, 2.45) is 0 Å². The Kier molecular flexibility index (Phi) is 15.1. The van der Waals surface area contributed by atoms with Gasteiger partial charge in [-0.1, -0.05) is 41.2 Å². The normalized spacial score (nSPS) is 12.5. The third-order valence-corrected chi connectivity index (χ3v) is 5.78. The molecule has 142 valence electrons. The van der Waals surface area contributed by atoms with Gasteiger partial charge in [0.05, 0.1) is 33.0 Å². The van der Waals surface area contributed by atoms with Crippen molar-refractivity contribution in [3.63, 3.8) is 0 Å². The van der Waals surface area contributed by atoms with Crippen LogP contribution in [0.1, 0.15) is 27.2 Å². The number of ether oxygens (including phenoxy) is 3. The summed E-state index contributed by atoms with van der Waals surface area (Å²) in [6.45, 7) is 15.6. The van der Waals surface area contributed by atoms with Gasteiger partial charge >= 0.3 is 0 Å². The Morgan fingerprint density at radius 3 is 2.29 bits per heavy atom. The van der Waals surface area contributed by atoms with Crippen LogP contribution in [0, 0.1) is 0 Å². The SMILES string of the molecule is C=C/C(=C\CC)N(CCOCCOCCOC)CC(C)(C)SSC. The van der Waals surface area contributed by atoms with Gasteiger partial charge in [0.2, 0.25) is 0 Å². The van der Waals surface area contributed by atoms with Crippen LogP contribution in [0.3, 0.4) is 0 Å². The van der Waals surface area contributed by atoms with E-state index < -0.39 is 0 Å². The van der Waals surface area contributed by atoms with E-state index in [0.717, 1.165) is 19.5 Å². The fourth-order valence-electron chi connectivity index (χ4n) is 2.20. The molecule has 0 aliphatic carbocycles. The molecule has 0 bridgehead atoms. The molecule has 0 spiro atoms. The topological polar surface area (TPSA) is 30.9 Å². The third kappa shape index (κ3) is 12.3. The van der Waals surface area contributed by atoms with E-state index in [9.17, 15) is 0 Å². The summed E-state index contributed by atoms with van der Waals surface area (Å²) in [6, 6.07) is 0. The first kappa shape index (κ1) is 23.9. The van der Waals surface area contributed by atoms with Crippen molar-refractivity contribution in [1.82, 2.24) is 4.90 Å². The Bertz CT molecular complexity index is 349. The molecule has 0 fully saturated rings. The molecular formula is C18H35NO3S2. The Labute approximate surface area is 156 Å². The molecule has 0 aromatic heterocycles. The van der Waals surface area contributed by atoms with Crippen molar-refractivity contribution in [1.29, 1.82) is 0 Å². The van der Waals surface area contributed by atoms with Gasteiger partial charge in [-0.25, -0.2) is 0 Å². The second-order valence-electron chi connectivity index (χ2n) is 5.89. The summed E-state index contributed by atoms with van der Waals surface area (Å²) in [7, 11) is 5.39. The minimum absolute atomic E-state index is 0.165. The van der Waals surface area contributed by atoms with Crippen LogP contribution in [0.2, 0.25) is 0 Å². The van der Waals surface area contributed by atoms with Crippen molar-refractivity contribution in [2.45, 2.75) is 31.9 Å². The lowest BCUT2D eigenvalue weighted by molar-refractivity contribution is 0.0211. The Balaban J connectivity index is 4.35. The van der Waals surface area contributed by atoms with Crippen LogP contribution >= 0.6 is 21.6 Å². The molecule has 0 aliphatic heterocycles. The number of nitrogens with zero attached hydrogens (tertiary/aromatic N) is 1. The molecule has 0 unspecified atom stereocenters. The quantitative estimate of drug-likeness (QED) is 0.227. The summed E-state index contributed by atoms with van der Waals surface area (Å²) < 4.78 is 16.2. The number of rotatable bonds is 16. The van der Waals surface area contributed by atoms with E-state index in [-0.39, 0.29) is 4.75 Å². The molecule has 0 rings (SSSR count). The Hall–Kier alpha value is -0.140. The van der Waals surface area contributed by atoms with Crippen molar-refractivity contribution >= 4 is 21.6 Å². The third-order valence-electron chi connectivity index (χ3n) is 3.18. The minimum Gasteiger partial charge on any atom is -0.382 e. The van der Waals surface area contributed by atoms with Gasteiger partial charge < -0.3 is 19.1 Å². The number of hydrogen-bond acceptors (Lipinski definition) is 6. The van der Waals surface area contributed by atoms with Gasteiger partial charge in [-0.05, 0) is 32.6 Å². The maximum Gasteiger partial charge on any atom is 0.0701 e. The van der Waals surface area contributed by atoms with E-state index in [1.807, 2.05) is 27.7 Å². The van der Waals surface area contributed by atoms with E-state index in [4.69, 9.17) is 14.2 Å². The van der Waals surface area contributed by atoms with E-state index >= 15 is 0 Å². The molecule has 0 amide bonds. The summed E-state index contributed by atoms with van der Waals surface area (Å²) in [4.78, 5) is 2.37. The fraction of sp³-hybridized carbons (Fsp3) is 0.778. The van der Waals surface area contributed by atoms with Crippen LogP contribution in [0.15, 0.2) is 24.4 Å². The van der Waals surface area contributed by atoms with Crippen LogP contribution < -0.4 is 0 Å². The highest BCUT2D eigenvalue weighted by atomic mass is 33.1. The average molecular weight is 378 g/mol. The van der Waals surface area contributed by atoms with Gasteiger partial charge in [-0.15, -0.1) is 0 Å². The molecule has 0 N–H and O–H groups in total. The standard InChI is InChI=1S/C18H35NO3S2/c1-7-9-17(8-2)19(16-18(3,4)24-23-6)10-11-21-14-15-22-13-12-20-5/h8-9H,2,7,10-16H2,1,3-6H3/b17-9+. The Morgan fingerprint density at radius 2 is 1.75 bits per heavy atom.